The zero-order valence-electron chi connectivity index (χ0n) is 13.3. The van der Waals surface area contributed by atoms with Crippen LogP contribution < -0.4 is 0 Å². The first kappa shape index (κ1) is 14.0. The van der Waals surface area contributed by atoms with Crippen LogP contribution in [0.25, 0.3) is 0 Å². The summed E-state index contributed by atoms with van der Waals surface area (Å²) in [4.78, 5) is 12.3. The van der Waals surface area contributed by atoms with Crippen molar-refractivity contribution >= 4 is 5.78 Å². The van der Waals surface area contributed by atoms with E-state index in [4.69, 9.17) is 0 Å². The van der Waals surface area contributed by atoms with Crippen molar-refractivity contribution in [3.63, 3.8) is 0 Å². The molecule has 0 aromatic heterocycles. The number of rotatable bonds is 0. The van der Waals surface area contributed by atoms with Crippen molar-refractivity contribution < 1.29 is 9.90 Å². The van der Waals surface area contributed by atoms with E-state index in [9.17, 15) is 9.90 Å². The summed E-state index contributed by atoms with van der Waals surface area (Å²) in [6.07, 6.45) is 12.0. The van der Waals surface area contributed by atoms with Crippen LogP contribution in [0.2, 0.25) is 0 Å². The number of ketones is 1. The minimum absolute atomic E-state index is 0.0681. The standard InChI is InChI=1S/C19H28O2/c1-18-9-7-13(20)11-12(18)3-4-14-15-5-6-17(21)19(15,2)10-8-16(14)18/h5-6,12-16,20H,3-4,7-11H2,1-2H3/t12?,13-,14-,15-,16?,18-,19-/m1/s1. The number of hydrogen-bond donors (Lipinski definition) is 1. The van der Waals surface area contributed by atoms with Crippen molar-refractivity contribution in [2.45, 2.75) is 64.9 Å². The van der Waals surface area contributed by atoms with Gasteiger partial charge in [-0.15, -0.1) is 0 Å². The van der Waals surface area contributed by atoms with Gasteiger partial charge in [0, 0.05) is 5.41 Å². The SMILES string of the molecule is C[C@@]12CC[C@@H](O)CC1CC[C@H]1C2CC[C@@]2(C)C(=O)C=C[C@H]12. The van der Waals surface area contributed by atoms with Crippen LogP contribution in [-0.2, 0) is 4.79 Å². The molecule has 0 aliphatic heterocycles. The first-order valence-corrected chi connectivity index (χ1v) is 8.86. The summed E-state index contributed by atoms with van der Waals surface area (Å²) in [6.45, 7) is 4.69. The lowest BCUT2D eigenvalue weighted by Gasteiger charge is -2.59. The second kappa shape index (κ2) is 4.44. The van der Waals surface area contributed by atoms with E-state index in [0.717, 1.165) is 25.2 Å². The highest BCUT2D eigenvalue weighted by Gasteiger charge is 2.58. The number of fused-ring (bicyclic) bond motifs is 5. The molecule has 0 aromatic rings. The molecule has 0 spiro atoms. The molecule has 0 bridgehead atoms. The number of carbonyl (C=O) groups is 1. The molecule has 0 amide bonds. The van der Waals surface area contributed by atoms with Gasteiger partial charge < -0.3 is 5.11 Å². The van der Waals surface area contributed by atoms with Crippen LogP contribution in [0, 0.1) is 34.5 Å². The molecule has 116 valence electrons. The fourth-order valence-electron chi connectivity index (χ4n) is 6.51. The van der Waals surface area contributed by atoms with E-state index in [1.165, 1.54) is 25.7 Å². The fraction of sp³-hybridized carbons (Fsp3) is 0.842. The Bertz CT molecular complexity index is 496. The Hall–Kier alpha value is -0.630. The molecule has 2 nitrogen and oxygen atoms in total. The van der Waals surface area contributed by atoms with Crippen LogP contribution in [0.3, 0.4) is 0 Å². The lowest BCUT2D eigenvalue weighted by atomic mass is 9.45. The maximum absolute atomic E-state index is 12.3. The van der Waals surface area contributed by atoms with E-state index < -0.39 is 0 Å². The van der Waals surface area contributed by atoms with Gasteiger partial charge in [0.05, 0.1) is 6.10 Å². The van der Waals surface area contributed by atoms with E-state index in [-0.39, 0.29) is 11.5 Å². The van der Waals surface area contributed by atoms with E-state index >= 15 is 0 Å². The molecule has 1 N–H and O–H groups in total. The predicted molar refractivity (Wildman–Crippen MR) is 82.6 cm³/mol. The first-order chi connectivity index (χ1) is 9.95. The molecule has 0 heterocycles. The van der Waals surface area contributed by atoms with Crippen LogP contribution in [-0.4, -0.2) is 17.0 Å². The average Bonchev–Trinajstić information content (AvgIpc) is 2.76. The molecule has 4 aliphatic rings. The molecule has 4 aliphatic carbocycles. The summed E-state index contributed by atoms with van der Waals surface area (Å²) in [6, 6.07) is 0. The van der Waals surface area contributed by atoms with Gasteiger partial charge in [-0.25, -0.2) is 0 Å². The Morgan fingerprint density at radius 3 is 2.76 bits per heavy atom. The molecule has 4 rings (SSSR count). The van der Waals surface area contributed by atoms with Crippen molar-refractivity contribution in [3.05, 3.63) is 12.2 Å². The van der Waals surface area contributed by atoms with Gasteiger partial charge in [-0.2, -0.15) is 0 Å². The van der Waals surface area contributed by atoms with Crippen molar-refractivity contribution in [3.8, 4) is 0 Å². The molecule has 2 heteroatoms. The third kappa shape index (κ3) is 1.78. The number of aliphatic hydroxyl groups excluding tert-OH is 1. The first-order valence-electron chi connectivity index (χ1n) is 8.86. The topological polar surface area (TPSA) is 37.3 Å². The van der Waals surface area contributed by atoms with E-state index in [0.29, 0.717) is 29.0 Å². The van der Waals surface area contributed by atoms with Crippen molar-refractivity contribution in [2.75, 3.05) is 0 Å². The van der Waals surface area contributed by atoms with Gasteiger partial charge >= 0.3 is 0 Å². The number of aliphatic hydroxyl groups is 1. The molecule has 2 unspecified atom stereocenters. The van der Waals surface area contributed by atoms with Crippen molar-refractivity contribution in [2.24, 2.45) is 34.5 Å². The molecular formula is C19H28O2. The van der Waals surface area contributed by atoms with Gasteiger partial charge in [-0.1, -0.05) is 19.9 Å². The highest BCUT2D eigenvalue weighted by atomic mass is 16.3. The lowest BCUT2D eigenvalue weighted by molar-refractivity contribution is -0.139. The predicted octanol–water partition coefficient (Wildman–Crippen LogP) is 3.74. The van der Waals surface area contributed by atoms with Crippen LogP contribution in [0.5, 0.6) is 0 Å². The monoisotopic (exact) mass is 288 g/mol. The second-order valence-corrected chi connectivity index (χ2v) is 8.68. The number of allylic oxidation sites excluding steroid dienone is 2. The average molecular weight is 288 g/mol. The van der Waals surface area contributed by atoms with Gasteiger partial charge in [0.2, 0.25) is 0 Å². The zero-order valence-corrected chi connectivity index (χ0v) is 13.3. The minimum Gasteiger partial charge on any atom is -0.393 e. The summed E-state index contributed by atoms with van der Waals surface area (Å²) in [7, 11) is 0. The summed E-state index contributed by atoms with van der Waals surface area (Å²) >= 11 is 0. The number of carbonyl (C=O) groups excluding carboxylic acids is 1. The Labute approximate surface area is 128 Å². The highest BCUT2D eigenvalue weighted by Crippen LogP contribution is 2.64. The molecule has 3 saturated carbocycles. The molecule has 21 heavy (non-hydrogen) atoms. The minimum atomic E-state index is -0.0987. The molecular weight excluding hydrogens is 260 g/mol. The van der Waals surface area contributed by atoms with Gasteiger partial charge in [-0.3, -0.25) is 4.79 Å². The summed E-state index contributed by atoms with van der Waals surface area (Å²) in [5.74, 6) is 3.01. The van der Waals surface area contributed by atoms with Gasteiger partial charge in [0.1, 0.15) is 0 Å². The van der Waals surface area contributed by atoms with Gasteiger partial charge in [0.25, 0.3) is 0 Å². The Morgan fingerprint density at radius 1 is 1.14 bits per heavy atom. The van der Waals surface area contributed by atoms with E-state index in [2.05, 4.69) is 19.9 Å². The van der Waals surface area contributed by atoms with Crippen LogP contribution in [0.1, 0.15) is 58.8 Å². The summed E-state index contributed by atoms with van der Waals surface area (Å²) < 4.78 is 0. The molecule has 0 aromatic carbocycles. The summed E-state index contributed by atoms with van der Waals surface area (Å²) in [5, 5.41) is 10.0. The van der Waals surface area contributed by atoms with Crippen molar-refractivity contribution in [1.82, 2.24) is 0 Å². The number of hydrogen-bond acceptors (Lipinski definition) is 2. The third-order valence-electron chi connectivity index (χ3n) is 7.91. The van der Waals surface area contributed by atoms with Crippen LogP contribution >= 0.6 is 0 Å². The Kier molecular flexibility index (Phi) is 2.96. The third-order valence-corrected chi connectivity index (χ3v) is 7.91. The smallest absolute Gasteiger partial charge is 0.161 e. The molecule has 0 saturated heterocycles. The van der Waals surface area contributed by atoms with Gasteiger partial charge in [-0.05, 0) is 80.1 Å². The largest absolute Gasteiger partial charge is 0.393 e. The van der Waals surface area contributed by atoms with Crippen LogP contribution in [0.15, 0.2) is 12.2 Å². The van der Waals surface area contributed by atoms with Crippen molar-refractivity contribution in [1.29, 1.82) is 0 Å². The summed E-state index contributed by atoms with van der Waals surface area (Å²) in [5.41, 5.74) is 0.307. The fourth-order valence-corrected chi connectivity index (χ4v) is 6.51. The van der Waals surface area contributed by atoms with Gasteiger partial charge in [0.15, 0.2) is 5.78 Å². The zero-order chi connectivity index (χ0) is 14.8. The Balaban J connectivity index is 1.65. The normalized spacial score (nSPS) is 55.8. The molecule has 0 radical (unpaired) electrons. The maximum Gasteiger partial charge on any atom is 0.161 e. The Morgan fingerprint density at radius 2 is 1.95 bits per heavy atom. The second-order valence-electron chi connectivity index (χ2n) is 8.68. The maximum atomic E-state index is 12.3. The van der Waals surface area contributed by atoms with Crippen LogP contribution in [0.4, 0.5) is 0 Å². The lowest BCUT2D eigenvalue weighted by Crippen LogP contribution is -2.54. The van der Waals surface area contributed by atoms with E-state index in [1.54, 1.807) is 0 Å². The quantitative estimate of drug-likeness (QED) is 0.737. The van der Waals surface area contributed by atoms with E-state index in [1.807, 2.05) is 6.08 Å². The molecule has 3 fully saturated rings. The molecule has 7 atom stereocenters. The highest BCUT2D eigenvalue weighted by molar-refractivity contribution is 5.97.